The minimum absolute atomic E-state index is 0.0285. The highest BCUT2D eigenvalue weighted by Crippen LogP contribution is 2.32. The molecule has 0 unspecified atom stereocenters. The summed E-state index contributed by atoms with van der Waals surface area (Å²) in [5, 5.41) is 9.07. The Morgan fingerprint density at radius 3 is 2.77 bits per heavy atom. The minimum atomic E-state index is -0.201. The first kappa shape index (κ1) is 14.9. The summed E-state index contributed by atoms with van der Waals surface area (Å²) < 4.78 is 5.14. The largest absolute Gasteiger partial charge is 0.463 e. The van der Waals surface area contributed by atoms with Crippen molar-refractivity contribution in [3.05, 3.63) is 53.4 Å². The number of halogens is 1. The third kappa shape index (κ3) is 3.08. The molecule has 0 N–H and O–H groups in total. The van der Waals surface area contributed by atoms with Crippen LogP contribution in [0.15, 0.2) is 57.3 Å². The van der Waals surface area contributed by atoms with Gasteiger partial charge in [-0.25, -0.2) is 0 Å². The van der Waals surface area contributed by atoms with Gasteiger partial charge >= 0.3 is 0 Å². The molecule has 1 amide bonds. The Hall–Kier alpha value is -2.05. The zero-order valence-corrected chi connectivity index (χ0v) is 13.2. The Bertz CT molecular complexity index is 726. The third-order valence-electron chi connectivity index (χ3n) is 3.00. The van der Waals surface area contributed by atoms with Crippen molar-refractivity contribution in [3.63, 3.8) is 0 Å². The average molecular weight is 334 g/mol. The number of nitrogens with zero attached hydrogens (tertiary/aromatic N) is 3. The second kappa shape index (κ2) is 6.37. The zero-order valence-electron chi connectivity index (χ0n) is 11.6. The van der Waals surface area contributed by atoms with E-state index in [0.717, 1.165) is 5.69 Å². The Labute approximate surface area is 136 Å². The highest BCUT2D eigenvalue weighted by atomic mass is 35.5. The fourth-order valence-electron chi connectivity index (χ4n) is 1.93. The molecule has 1 fully saturated rings. The quantitative estimate of drug-likeness (QED) is 0.634. The number of amides is 1. The summed E-state index contributed by atoms with van der Waals surface area (Å²) in [6.45, 7) is 1.84. The summed E-state index contributed by atoms with van der Waals surface area (Å²) in [5.41, 5.74) is 0.721. The maximum Gasteiger partial charge on any atom is 0.246 e. The van der Waals surface area contributed by atoms with Crippen molar-refractivity contribution in [2.45, 2.75) is 12.2 Å². The maximum absolute atomic E-state index is 12.3. The van der Waals surface area contributed by atoms with Crippen molar-refractivity contribution < 1.29 is 9.21 Å². The van der Waals surface area contributed by atoms with Crippen molar-refractivity contribution in [1.29, 1.82) is 0 Å². The molecule has 1 saturated heterocycles. The van der Waals surface area contributed by atoms with Crippen molar-refractivity contribution in [2.75, 3.05) is 4.90 Å². The van der Waals surface area contributed by atoms with E-state index in [9.17, 15) is 4.79 Å². The lowest BCUT2D eigenvalue weighted by Crippen LogP contribution is -2.31. The van der Waals surface area contributed by atoms with Crippen LogP contribution in [0.2, 0.25) is 5.02 Å². The molecule has 0 aliphatic carbocycles. The number of thioether (sulfide) groups is 1. The lowest BCUT2D eigenvalue weighted by Gasteiger charge is -2.15. The second-order valence-corrected chi connectivity index (χ2v) is 6.30. The molecule has 0 radical (unpaired) electrons. The van der Waals surface area contributed by atoms with E-state index in [1.165, 1.54) is 18.0 Å². The number of hydrogen-bond donors (Lipinski definition) is 0. The normalized spacial score (nSPS) is 20.5. The molecule has 0 spiro atoms. The number of rotatable bonds is 3. The van der Waals surface area contributed by atoms with Crippen LogP contribution in [0, 0.1) is 0 Å². The van der Waals surface area contributed by atoms with Crippen molar-refractivity contribution in [3.8, 4) is 0 Å². The summed E-state index contributed by atoms with van der Waals surface area (Å²) >= 11 is 7.25. The molecular weight excluding hydrogens is 322 g/mol. The van der Waals surface area contributed by atoms with Gasteiger partial charge in [0.05, 0.1) is 23.4 Å². The van der Waals surface area contributed by atoms with Gasteiger partial charge in [-0.1, -0.05) is 23.4 Å². The van der Waals surface area contributed by atoms with E-state index in [-0.39, 0.29) is 11.2 Å². The highest BCUT2D eigenvalue weighted by Gasteiger charge is 2.36. The van der Waals surface area contributed by atoms with Crippen LogP contribution in [0.3, 0.4) is 0 Å². The topological polar surface area (TPSA) is 58.2 Å². The van der Waals surface area contributed by atoms with E-state index in [1.54, 1.807) is 47.6 Å². The number of carbonyl (C=O) groups excluding carboxylic acids is 1. The van der Waals surface area contributed by atoms with E-state index in [1.807, 2.05) is 6.92 Å². The van der Waals surface area contributed by atoms with Gasteiger partial charge in [0, 0.05) is 5.02 Å². The van der Waals surface area contributed by atoms with Crippen LogP contribution in [-0.4, -0.2) is 22.5 Å². The van der Waals surface area contributed by atoms with Crippen molar-refractivity contribution in [1.82, 2.24) is 0 Å². The van der Waals surface area contributed by atoms with Gasteiger partial charge in [0.15, 0.2) is 5.17 Å². The summed E-state index contributed by atoms with van der Waals surface area (Å²) in [6.07, 6.45) is 3.06. The molecule has 5 nitrogen and oxygen atoms in total. The molecule has 3 rings (SSSR count). The van der Waals surface area contributed by atoms with Crippen LogP contribution in [0.4, 0.5) is 5.69 Å². The first-order chi connectivity index (χ1) is 10.6. The lowest BCUT2D eigenvalue weighted by atomic mass is 10.3. The van der Waals surface area contributed by atoms with Gasteiger partial charge in [-0.05, 0) is 43.3 Å². The molecule has 112 valence electrons. The Balaban J connectivity index is 1.88. The lowest BCUT2D eigenvalue weighted by molar-refractivity contribution is -0.116. The van der Waals surface area contributed by atoms with Gasteiger partial charge in [-0.3, -0.25) is 9.69 Å². The molecule has 1 atom stereocenters. The SMILES string of the molecule is C[C@@H]1S/C(=N\N=C\c2ccco2)N(c2ccc(Cl)cc2)C1=O. The van der Waals surface area contributed by atoms with Gasteiger partial charge in [0.2, 0.25) is 5.91 Å². The molecule has 1 aromatic heterocycles. The number of hydrogen-bond acceptors (Lipinski definition) is 5. The van der Waals surface area contributed by atoms with E-state index >= 15 is 0 Å². The van der Waals surface area contributed by atoms with E-state index in [0.29, 0.717) is 16.0 Å². The van der Waals surface area contributed by atoms with Crippen LogP contribution in [-0.2, 0) is 4.79 Å². The molecule has 0 saturated carbocycles. The molecule has 1 aliphatic rings. The maximum atomic E-state index is 12.3. The predicted molar refractivity (Wildman–Crippen MR) is 89.7 cm³/mol. The van der Waals surface area contributed by atoms with Gasteiger partial charge < -0.3 is 4.42 Å². The monoisotopic (exact) mass is 333 g/mol. The Kier molecular flexibility index (Phi) is 4.31. The highest BCUT2D eigenvalue weighted by molar-refractivity contribution is 8.16. The van der Waals surface area contributed by atoms with Crippen LogP contribution in [0.5, 0.6) is 0 Å². The summed E-state index contributed by atoms with van der Waals surface area (Å²) in [4.78, 5) is 13.9. The molecule has 1 aromatic carbocycles. The smallest absolute Gasteiger partial charge is 0.246 e. The van der Waals surface area contributed by atoms with E-state index < -0.39 is 0 Å². The molecule has 7 heteroatoms. The van der Waals surface area contributed by atoms with Gasteiger partial charge in [0.1, 0.15) is 5.76 Å². The number of amidine groups is 1. The third-order valence-corrected chi connectivity index (χ3v) is 4.28. The van der Waals surface area contributed by atoms with Gasteiger partial charge in [-0.15, -0.1) is 5.10 Å². The van der Waals surface area contributed by atoms with Crippen LogP contribution >= 0.6 is 23.4 Å². The first-order valence-corrected chi connectivity index (χ1v) is 7.81. The standard InChI is InChI=1S/C15H12ClN3O2S/c1-10-14(20)19(12-6-4-11(16)5-7-12)15(22-10)18-17-9-13-3-2-8-21-13/h2-10H,1H3/b17-9+,18-15-/t10-/m0/s1. The molecule has 1 aliphatic heterocycles. The second-order valence-electron chi connectivity index (χ2n) is 4.55. The number of carbonyl (C=O) groups is 1. The predicted octanol–water partition coefficient (Wildman–Crippen LogP) is 3.79. The van der Waals surface area contributed by atoms with E-state index in [2.05, 4.69) is 10.2 Å². The number of benzene rings is 1. The average Bonchev–Trinajstić information content (AvgIpc) is 3.10. The zero-order chi connectivity index (χ0) is 15.5. The number of furan rings is 1. The molecule has 2 heterocycles. The van der Waals surface area contributed by atoms with Crippen LogP contribution in [0.25, 0.3) is 0 Å². The Morgan fingerprint density at radius 2 is 2.09 bits per heavy atom. The van der Waals surface area contributed by atoms with Crippen molar-refractivity contribution >= 4 is 46.3 Å². The van der Waals surface area contributed by atoms with Gasteiger partial charge in [0.25, 0.3) is 0 Å². The molecule has 0 bridgehead atoms. The molecule has 2 aromatic rings. The minimum Gasteiger partial charge on any atom is -0.463 e. The number of anilines is 1. The first-order valence-electron chi connectivity index (χ1n) is 6.56. The molecular formula is C15H12ClN3O2S. The fourth-order valence-corrected chi connectivity index (χ4v) is 2.98. The fraction of sp³-hybridized carbons (Fsp3) is 0.133. The Morgan fingerprint density at radius 1 is 1.32 bits per heavy atom. The molecule has 22 heavy (non-hydrogen) atoms. The van der Waals surface area contributed by atoms with Gasteiger partial charge in [-0.2, -0.15) is 5.10 Å². The summed E-state index contributed by atoms with van der Waals surface area (Å²) in [6, 6.07) is 10.6. The van der Waals surface area contributed by atoms with E-state index in [4.69, 9.17) is 16.0 Å². The van der Waals surface area contributed by atoms with Crippen molar-refractivity contribution in [2.24, 2.45) is 10.2 Å². The summed E-state index contributed by atoms with van der Waals surface area (Å²) in [7, 11) is 0. The van der Waals surface area contributed by atoms with Crippen LogP contribution < -0.4 is 4.90 Å². The summed E-state index contributed by atoms with van der Waals surface area (Å²) in [5.74, 6) is 0.573. The van der Waals surface area contributed by atoms with Crippen LogP contribution in [0.1, 0.15) is 12.7 Å².